The van der Waals surface area contributed by atoms with E-state index in [1.807, 2.05) is 0 Å². The summed E-state index contributed by atoms with van der Waals surface area (Å²) in [5, 5.41) is 18.8. The van der Waals surface area contributed by atoms with E-state index in [2.05, 4.69) is 10.4 Å². The Morgan fingerprint density at radius 1 is 1.30 bits per heavy atom. The van der Waals surface area contributed by atoms with E-state index in [4.69, 9.17) is 4.42 Å². The molecule has 2 heterocycles. The second-order valence-corrected chi connectivity index (χ2v) is 6.35. The van der Waals surface area contributed by atoms with Gasteiger partial charge in [0.05, 0.1) is 4.92 Å². The number of benzene rings is 1. The normalized spacial score (nSPS) is 12.1. The van der Waals surface area contributed by atoms with Gasteiger partial charge in [0.15, 0.2) is 0 Å². The number of nitrogens with one attached hydrogen (secondary N) is 1. The van der Waals surface area contributed by atoms with Crippen LogP contribution in [0.15, 0.2) is 33.5 Å². The van der Waals surface area contributed by atoms with Gasteiger partial charge >= 0.3 is 11.3 Å². The molecule has 1 atom stereocenters. The lowest BCUT2D eigenvalue weighted by molar-refractivity contribution is -0.386. The van der Waals surface area contributed by atoms with E-state index in [1.165, 1.54) is 17.7 Å². The molecule has 2 aromatic heterocycles. The smallest absolute Gasteiger partial charge is 0.336 e. The first-order chi connectivity index (χ1) is 12.7. The molecule has 3 rings (SSSR count). The lowest BCUT2D eigenvalue weighted by Gasteiger charge is -2.14. The van der Waals surface area contributed by atoms with Gasteiger partial charge in [-0.2, -0.15) is 5.10 Å². The van der Waals surface area contributed by atoms with E-state index in [-0.39, 0.29) is 11.4 Å². The average Bonchev–Trinajstić information content (AvgIpc) is 2.88. The number of carbonyl (C=O) groups is 1. The Kier molecular flexibility index (Phi) is 4.52. The van der Waals surface area contributed by atoms with Crippen molar-refractivity contribution in [2.45, 2.75) is 33.7 Å². The zero-order valence-corrected chi connectivity index (χ0v) is 15.3. The van der Waals surface area contributed by atoms with Crippen molar-refractivity contribution in [2.75, 3.05) is 5.32 Å². The highest BCUT2D eigenvalue weighted by molar-refractivity contribution is 5.95. The molecule has 140 valence electrons. The van der Waals surface area contributed by atoms with E-state index >= 15 is 0 Å². The number of rotatable bonds is 4. The van der Waals surface area contributed by atoms with E-state index in [1.54, 1.807) is 39.0 Å². The highest BCUT2D eigenvalue weighted by Crippen LogP contribution is 2.26. The maximum Gasteiger partial charge on any atom is 0.336 e. The standard InChI is InChI=1S/C18H18N4O5/c1-9-7-16(23)27-15-8-13(5-6-14(9)15)19-18(24)12(4)21-11(3)17(22(25)26)10(2)20-21/h5-8,12H,1-4H3,(H,19,24)/t12-/m0/s1. The summed E-state index contributed by atoms with van der Waals surface area (Å²) in [5.74, 6) is -0.398. The van der Waals surface area contributed by atoms with Crippen molar-refractivity contribution < 1.29 is 14.1 Å². The van der Waals surface area contributed by atoms with Crippen LogP contribution < -0.4 is 10.9 Å². The number of amides is 1. The van der Waals surface area contributed by atoms with Crippen molar-refractivity contribution in [3.05, 3.63) is 61.8 Å². The average molecular weight is 370 g/mol. The summed E-state index contributed by atoms with van der Waals surface area (Å²) in [5.41, 5.74) is 1.59. The van der Waals surface area contributed by atoms with Crippen LogP contribution in [0.4, 0.5) is 11.4 Å². The number of aryl methyl sites for hydroxylation is 2. The van der Waals surface area contributed by atoms with Crippen molar-refractivity contribution in [3.8, 4) is 0 Å². The SMILES string of the molecule is Cc1nn([C@@H](C)C(=O)Nc2ccc3c(C)cc(=O)oc3c2)c(C)c1[N+](=O)[O-]. The van der Waals surface area contributed by atoms with Gasteiger partial charge in [-0.25, -0.2) is 4.79 Å². The van der Waals surface area contributed by atoms with Crippen LogP contribution in [0.3, 0.4) is 0 Å². The van der Waals surface area contributed by atoms with Crippen LogP contribution in [0.1, 0.15) is 29.9 Å². The number of anilines is 1. The Morgan fingerprint density at radius 2 is 2.00 bits per heavy atom. The fraction of sp³-hybridized carbons (Fsp3) is 0.278. The molecule has 0 aliphatic rings. The molecule has 1 aromatic carbocycles. The van der Waals surface area contributed by atoms with E-state index in [0.717, 1.165) is 10.9 Å². The van der Waals surface area contributed by atoms with Crippen molar-refractivity contribution >= 4 is 28.3 Å². The Morgan fingerprint density at radius 3 is 2.63 bits per heavy atom. The van der Waals surface area contributed by atoms with Crippen LogP contribution in [0, 0.1) is 30.9 Å². The summed E-state index contributed by atoms with van der Waals surface area (Å²) in [7, 11) is 0. The minimum absolute atomic E-state index is 0.0994. The third-order valence-electron chi connectivity index (χ3n) is 4.43. The summed E-state index contributed by atoms with van der Waals surface area (Å²) in [6.45, 7) is 6.48. The second-order valence-electron chi connectivity index (χ2n) is 6.35. The summed E-state index contributed by atoms with van der Waals surface area (Å²) >= 11 is 0. The minimum Gasteiger partial charge on any atom is -0.423 e. The van der Waals surface area contributed by atoms with Gasteiger partial charge in [-0.15, -0.1) is 0 Å². The van der Waals surface area contributed by atoms with Gasteiger partial charge in [0.1, 0.15) is 23.0 Å². The predicted molar refractivity (Wildman–Crippen MR) is 98.9 cm³/mol. The first-order valence-electron chi connectivity index (χ1n) is 8.24. The second kappa shape index (κ2) is 6.67. The van der Waals surface area contributed by atoms with Crippen LogP contribution >= 0.6 is 0 Å². The molecule has 9 heteroatoms. The maximum absolute atomic E-state index is 12.6. The monoisotopic (exact) mass is 370 g/mol. The number of aromatic nitrogens is 2. The van der Waals surface area contributed by atoms with Crippen LogP contribution in [0.25, 0.3) is 11.0 Å². The van der Waals surface area contributed by atoms with Gasteiger partial charge in [0.2, 0.25) is 5.91 Å². The molecule has 3 aromatic rings. The Bertz CT molecular complexity index is 1130. The molecular weight excluding hydrogens is 352 g/mol. The van der Waals surface area contributed by atoms with E-state index < -0.39 is 22.5 Å². The number of hydrogen-bond acceptors (Lipinski definition) is 6. The molecule has 0 fully saturated rings. The number of hydrogen-bond donors (Lipinski definition) is 1. The maximum atomic E-state index is 12.6. The van der Waals surface area contributed by atoms with E-state index in [9.17, 15) is 19.7 Å². The molecule has 9 nitrogen and oxygen atoms in total. The lowest BCUT2D eigenvalue weighted by atomic mass is 10.1. The van der Waals surface area contributed by atoms with Crippen LogP contribution in [0.2, 0.25) is 0 Å². The quantitative estimate of drug-likeness (QED) is 0.428. The van der Waals surface area contributed by atoms with Crippen molar-refractivity contribution in [1.82, 2.24) is 9.78 Å². The third-order valence-corrected chi connectivity index (χ3v) is 4.43. The van der Waals surface area contributed by atoms with Crippen molar-refractivity contribution in [3.63, 3.8) is 0 Å². The van der Waals surface area contributed by atoms with Crippen molar-refractivity contribution in [2.24, 2.45) is 0 Å². The first-order valence-corrected chi connectivity index (χ1v) is 8.24. The van der Waals surface area contributed by atoms with Gasteiger partial charge < -0.3 is 9.73 Å². The summed E-state index contributed by atoms with van der Waals surface area (Å²) in [6.07, 6.45) is 0. The first kappa shape index (κ1) is 18.3. The molecule has 0 unspecified atom stereocenters. The zero-order chi connectivity index (χ0) is 19.9. The number of nitro groups is 1. The molecule has 0 aliphatic carbocycles. The molecule has 0 aliphatic heterocycles. The predicted octanol–water partition coefficient (Wildman–Crippen LogP) is 3.02. The molecule has 1 amide bonds. The number of carbonyl (C=O) groups excluding carboxylic acids is 1. The van der Waals surface area contributed by atoms with E-state index in [0.29, 0.717) is 17.0 Å². The Labute approximate surface area is 153 Å². The highest BCUT2D eigenvalue weighted by Gasteiger charge is 2.27. The molecular formula is C18H18N4O5. The fourth-order valence-electron chi connectivity index (χ4n) is 3.06. The highest BCUT2D eigenvalue weighted by atomic mass is 16.6. The van der Waals surface area contributed by atoms with Crippen LogP contribution in [-0.2, 0) is 4.79 Å². The Hall–Kier alpha value is -3.49. The topological polar surface area (TPSA) is 120 Å². The molecule has 0 spiro atoms. The summed E-state index contributed by atoms with van der Waals surface area (Å²) in [4.78, 5) is 34.8. The largest absolute Gasteiger partial charge is 0.423 e. The van der Waals surface area contributed by atoms with Gasteiger partial charge in [0, 0.05) is 23.2 Å². The Balaban J connectivity index is 1.89. The number of fused-ring (bicyclic) bond motifs is 1. The zero-order valence-electron chi connectivity index (χ0n) is 15.3. The summed E-state index contributed by atoms with van der Waals surface area (Å²) < 4.78 is 6.50. The van der Waals surface area contributed by atoms with Gasteiger partial charge in [-0.1, -0.05) is 0 Å². The number of nitrogens with zero attached hydrogens (tertiary/aromatic N) is 3. The summed E-state index contributed by atoms with van der Waals surface area (Å²) in [6, 6.07) is 5.65. The van der Waals surface area contributed by atoms with Crippen LogP contribution in [-0.4, -0.2) is 20.6 Å². The van der Waals surface area contributed by atoms with Gasteiger partial charge in [-0.3, -0.25) is 19.6 Å². The fourth-order valence-corrected chi connectivity index (χ4v) is 3.06. The molecule has 0 saturated heterocycles. The van der Waals surface area contributed by atoms with Crippen molar-refractivity contribution in [1.29, 1.82) is 0 Å². The third kappa shape index (κ3) is 3.31. The van der Waals surface area contributed by atoms with Gasteiger partial charge in [0.25, 0.3) is 0 Å². The van der Waals surface area contributed by atoms with Crippen LogP contribution in [0.5, 0.6) is 0 Å². The molecule has 0 radical (unpaired) electrons. The lowest BCUT2D eigenvalue weighted by Crippen LogP contribution is -2.25. The van der Waals surface area contributed by atoms with Gasteiger partial charge in [-0.05, 0) is 45.4 Å². The molecule has 27 heavy (non-hydrogen) atoms. The molecule has 0 saturated carbocycles. The molecule has 0 bridgehead atoms. The minimum atomic E-state index is -0.766. The molecule has 1 N–H and O–H groups in total.